The van der Waals surface area contributed by atoms with Crippen LogP contribution in [0.1, 0.15) is 26.2 Å². The molecule has 0 atom stereocenters. The number of rotatable bonds is 7. The van der Waals surface area contributed by atoms with Gasteiger partial charge in [-0.25, -0.2) is 0 Å². The molecule has 0 aromatic carbocycles. The van der Waals surface area contributed by atoms with E-state index in [9.17, 15) is 0 Å². The Hall–Kier alpha value is -0.350. The maximum Gasteiger partial charge on any atom is 0.166 e. The van der Waals surface area contributed by atoms with Gasteiger partial charge in [0.25, 0.3) is 0 Å². The zero-order valence-corrected chi connectivity index (χ0v) is 9.66. The highest BCUT2D eigenvalue weighted by Gasteiger charge is 2.20. The number of hydrogen-bond donors (Lipinski definition) is 2. The van der Waals surface area contributed by atoms with Crippen molar-refractivity contribution in [3.63, 3.8) is 0 Å². The van der Waals surface area contributed by atoms with Crippen LogP contribution in [-0.2, 0) is 4.74 Å². The van der Waals surface area contributed by atoms with Crippen LogP contribution in [-0.4, -0.2) is 31.4 Å². The quantitative estimate of drug-likeness (QED) is 0.496. The summed E-state index contributed by atoms with van der Waals surface area (Å²) in [6, 6.07) is 0. The van der Waals surface area contributed by atoms with Gasteiger partial charge in [-0.3, -0.25) is 0 Å². The van der Waals surface area contributed by atoms with Gasteiger partial charge in [-0.2, -0.15) is 0 Å². The maximum atomic E-state index is 5.50. The first kappa shape index (κ1) is 11.7. The molecule has 0 heterocycles. The van der Waals surface area contributed by atoms with Crippen LogP contribution in [0.2, 0.25) is 0 Å². The van der Waals surface area contributed by atoms with Crippen LogP contribution in [0.3, 0.4) is 0 Å². The van der Waals surface area contributed by atoms with Crippen LogP contribution >= 0.6 is 12.2 Å². The van der Waals surface area contributed by atoms with Crippen molar-refractivity contribution in [1.82, 2.24) is 10.6 Å². The molecule has 1 aliphatic rings. The molecule has 3 nitrogen and oxygen atoms in total. The van der Waals surface area contributed by atoms with Crippen molar-refractivity contribution in [1.29, 1.82) is 0 Å². The van der Waals surface area contributed by atoms with E-state index >= 15 is 0 Å². The molecule has 0 aromatic heterocycles. The van der Waals surface area contributed by atoms with E-state index in [4.69, 9.17) is 17.0 Å². The fraction of sp³-hybridized carbons (Fsp3) is 0.900. The van der Waals surface area contributed by atoms with E-state index in [2.05, 4.69) is 10.6 Å². The number of thiocarbonyl (C=S) groups is 1. The lowest BCUT2D eigenvalue weighted by atomic mass is 10.4. The monoisotopic (exact) mass is 216 g/mol. The normalized spacial score (nSPS) is 15.2. The highest BCUT2D eigenvalue weighted by molar-refractivity contribution is 7.80. The zero-order valence-electron chi connectivity index (χ0n) is 8.84. The average molecular weight is 216 g/mol. The molecule has 1 saturated carbocycles. The molecular formula is C10H20N2OS. The van der Waals surface area contributed by atoms with Crippen molar-refractivity contribution in [2.45, 2.75) is 26.2 Å². The summed E-state index contributed by atoms with van der Waals surface area (Å²) in [5.74, 6) is 0.866. The molecule has 0 bridgehead atoms. The van der Waals surface area contributed by atoms with Crippen LogP contribution in [0.15, 0.2) is 0 Å². The lowest BCUT2D eigenvalue weighted by Gasteiger charge is -2.08. The summed E-state index contributed by atoms with van der Waals surface area (Å²) in [7, 11) is 0. The van der Waals surface area contributed by atoms with Crippen LogP contribution in [0.25, 0.3) is 0 Å². The van der Waals surface area contributed by atoms with Gasteiger partial charge in [-0.05, 0) is 44.3 Å². The molecule has 1 aliphatic carbocycles. The predicted octanol–water partition coefficient (Wildman–Crippen LogP) is 1.29. The predicted molar refractivity (Wildman–Crippen MR) is 62.4 cm³/mol. The van der Waals surface area contributed by atoms with Gasteiger partial charge >= 0.3 is 0 Å². The first-order chi connectivity index (χ1) is 6.83. The third-order valence-corrected chi connectivity index (χ3v) is 2.43. The average Bonchev–Trinajstić information content (AvgIpc) is 2.95. The van der Waals surface area contributed by atoms with Gasteiger partial charge in [0.15, 0.2) is 5.11 Å². The van der Waals surface area contributed by atoms with Crippen molar-refractivity contribution in [3.05, 3.63) is 0 Å². The molecule has 0 radical (unpaired) electrons. The Morgan fingerprint density at radius 3 is 2.86 bits per heavy atom. The van der Waals surface area contributed by atoms with E-state index in [0.29, 0.717) is 0 Å². The van der Waals surface area contributed by atoms with E-state index in [1.165, 1.54) is 12.8 Å². The molecule has 2 N–H and O–H groups in total. The smallest absolute Gasteiger partial charge is 0.166 e. The minimum absolute atomic E-state index is 0.745. The largest absolute Gasteiger partial charge is 0.381 e. The van der Waals surface area contributed by atoms with Gasteiger partial charge in [-0.1, -0.05) is 0 Å². The van der Waals surface area contributed by atoms with Crippen molar-refractivity contribution in [2.75, 3.05) is 26.3 Å². The van der Waals surface area contributed by atoms with E-state index in [1.54, 1.807) is 0 Å². The third kappa shape index (κ3) is 6.16. The Balaban J connectivity index is 1.76. The number of nitrogens with one attached hydrogen (secondary N) is 2. The Kier molecular flexibility index (Phi) is 5.87. The number of hydrogen-bond acceptors (Lipinski definition) is 2. The molecule has 0 aromatic rings. The topological polar surface area (TPSA) is 33.3 Å². The second-order valence-electron chi connectivity index (χ2n) is 3.66. The molecule has 0 unspecified atom stereocenters. The summed E-state index contributed by atoms with van der Waals surface area (Å²) in [6.07, 6.45) is 3.75. The highest BCUT2D eigenvalue weighted by atomic mass is 32.1. The molecule has 14 heavy (non-hydrogen) atoms. The fourth-order valence-electron chi connectivity index (χ4n) is 1.13. The molecule has 4 heteroatoms. The molecule has 0 aliphatic heterocycles. The lowest BCUT2D eigenvalue weighted by molar-refractivity contribution is 0.123. The fourth-order valence-corrected chi connectivity index (χ4v) is 1.38. The van der Waals surface area contributed by atoms with Gasteiger partial charge in [0.1, 0.15) is 0 Å². The van der Waals surface area contributed by atoms with E-state index in [0.717, 1.165) is 43.8 Å². The first-order valence-corrected chi connectivity index (χ1v) is 5.83. The summed E-state index contributed by atoms with van der Waals surface area (Å²) in [6.45, 7) is 5.61. The summed E-state index contributed by atoms with van der Waals surface area (Å²) in [5, 5.41) is 6.92. The second kappa shape index (κ2) is 7.01. The molecular weight excluding hydrogens is 196 g/mol. The summed E-state index contributed by atoms with van der Waals surface area (Å²) < 4.78 is 5.50. The van der Waals surface area contributed by atoms with E-state index in [-0.39, 0.29) is 0 Å². The first-order valence-electron chi connectivity index (χ1n) is 5.42. The summed E-state index contributed by atoms with van der Waals surface area (Å²) in [4.78, 5) is 0. The van der Waals surface area contributed by atoms with Crippen LogP contribution in [0.5, 0.6) is 0 Å². The Labute approximate surface area is 91.6 Å². The second-order valence-corrected chi connectivity index (χ2v) is 4.07. The Morgan fingerprint density at radius 1 is 1.43 bits per heavy atom. The third-order valence-electron chi connectivity index (χ3n) is 2.14. The summed E-state index contributed by atoms with van der Waals surface area (Å²) in [5.41, 5.74) is 0. The Morgan fingerprint density at radius 2 is 2.21 bits per heavy atom. The van der Waals surface area contributed by atoms with E-state index in [1.807, 2.05) is 6.92 Å². The van der Waals surface area contributed by atoms with Gasteiger partial charge in [-0.15, -0.1) is 0 Å². The van der Waals surface area contributed by atoms with Crippen molar-refractivity contribution < 1.29 is 4.74 Å². The number of ether oxygens (including phenoxy) is 1. The van der Waals surface area contributed by atoms with Crippen LogP contribution in [0, 0.1) is 5.92 Å². The zero-order chi connectivity index (χ0) is 10.2. The highest BCUT2D eigenvalue weighted by Crippen LogP contribution is 2.28. The van der Waals surface area contributed by atoms with Crippen LogP contribution < -0.4 is 10.6 Å². The molecule has 1 fully saturated rings. The standard InChI is InChI=1S/C10H20N2OS/c1-2-11-10(14)12-6-3-7-13-8-9-4-5-9/h9H,2-8H2,1H3,(H2,11,12,14). The minimum Gasteiger partial charge on any atom is -0.381 e. The van der Waals surface area contributed by atoms with Crippen molar-refractivity contribution in [3.8, 4) is 0 Å². The minimum atomic E-state index is 0.745. The van der Waals surface area contributed by atoms with Crippen molar-refractivity contribution >= 4 is 17.3 Å². The van der Waals surface area contributed by atoms with Gasteiger partial charge in [0, 0.05) is 26.3 Å². The van der Waals surface area contributed by atoms with Gasteiger partial charge in [0.2, 0.25) is 0 Å². The van der Waals surface area contributed by atoms with Crippen LogP contribution in [0.4, 0.5) is 0 Å². The van der Waals surface area contributed by atoms with Crippen molar-refractivity contribution in [2.24, 2.45) is 5.92 Å². The Bertz CT molecular complexity index is 172. The molecule has 0 amide bonds. The van der Waals surface area contributed by atoms with E-state index < -0.39 is 0 Å². The van der Waals surface area contributed by atoms with Gasteiger partial charge in [0.05, 0.1) is 0 Å². The molecule has 0 saturated heterocycles. The molecule has 1 rings (SSSR count). The SMILES string of the molecule is CCNC(=S)NCCCOCC1CC1. The van der Waals surface area contributed by atoms with Gasteiger partial charge < -0.3 is 15.4 Å². The molecule has 82 valence electrons. The summed E-state index contributed by atoms with van der Waals surface area (Å²) >= 11 is 5.02. The maximum absolute atomic E-state index is 5.50. The molecule has 0 spiro atoms. The lowest BCUT2D eigenvalue weighted by Crippen LogP contribution is -2.35.